The van der Waals surface area contributed by atoms with E-state index in [0.717, 1.165) is 113 Å². The molecule has 6 fully saturated rings. The van der Waals surface area contributed by atoms with Gasteiger partial charge in [-0.3, -0.25) is 33.0 Å². The zero-order chi connectivity index (χ0) is 44.3. The van der Waals surface area contributed by atoms with Crippen molar-refractivity contribution in [3.8, 4) is 0 Å². The standard InChI is InChI=1S/C41H46FN9O5S.C6H12O/c1-48-34-30(51(39(48)55)31-8-9-32(52)45-36(31)53)7-6-29(33(34)42)50-16-10-24(11-17-50)23-49-18-14-40(15-19-49)20-27(21-40)57(56)26-4-2-25(3-5-26)44-38-43-22-28-35(47-38)46-37(54)41(28)12-13-41;7-6-4-2-1-3-5-6/h2-7,22,24,27,31H,8-21,23H2,1H3,(H,45,52,53)(H2,43,44,46,47,54);6-7H,1-5H2. The molecule has 340 valence electrons. The highest BCUT2D eigenvalue weighted by Gasteiger charge is 2.57. The number of rotatable bonds is 8. The van der Waals surface area contributed by atoms with Gasteiger partial charge in [0.15, 0.2) is 5.82 Å². The lowest BCUT2D eigenvalue weighted by Gasteiger charge is -2.52. The van der Waals surface area contributed by atoms with Crippen molar-refractivity contribution in [2.45, 2.75) is 124 Å². The van der Waals surface area contributed by atoms with Crippen LogP contribution in [0.25, 0.3) is 11.0 Å². The Morgan fingerprint density at radius 2 is 1.61 bits per heavy atom. The Balaban J connectivity index is 0.000000634. The van der Waals surface area contributed by atoms with Crippen molar-refractivity contribution in [2.75, 3.05) is 48.3 Å². The molecule has 6 heterocycles. The second-order valence-electron chi connectivity index (χ2n) is 19.4. The van der Waals surface area contributed by atoms with Gasteiger partial charge in [-0.25, -0.2) is 14.2 Å². The number of aliphatic hydroxyl groups is 1. The second kappa shape index (κ2) is 17.1. The van der Waals surface area contributed by atoms with Gasteiger partial charge in [-0.2, -0.15) is 4.98 Å². The number of fused-ring (bicyclic) bond motifs is 3. The molecule has 0 radical (unpaired) electrons. The number of nitrogens with one attached hydrogen (secondary N) is 3. The van der Waals surface area contributed by atoms with Crippen LogP contribution >= 0.6 is 0 Å². The van der Waals surface area contributed by atoms with E-state index in [4.69, 9.17) is 5.11 Å². The largest absolute Gasteiger partial charge is 0.393 e. The highest BCUT2D eigenvalue weighted by atomic mass is 32.2. The van der Waals surface area contributed by atoms with E-state index < -0.39 is 39.7 Å². The van der Waals surface area contributed by atoms with Crippen LogP contribution in [0.4, 0.5) is 27.5 Å². The van der Waals surface area contributed by atoms with Crippen LogP contribution in [0.5, 0.6) is 0 Å². The van der Waals surface area contributed by atoms with Gasteiger partial charge in [0.1, 0.15) is 17.4 Å². The minimum atomic E-state index is -1.08. The van der Waals surface area contributed by atoms with Gasteiger partial charge >= 0.3 is 5.69 Å². The van der Waals surface area contributed by atoms with Crippen LogP contribution in [0.1, 0.15) is 108 Å². The Hall–Kier alpha value is -5.00. The molecule has 2 aromatic carbocycles. The Morgan fingerprint density at radius 3 is 2.27 bits per heavy atom. The molecule has 2 spiro atoms. The van der Waals surface area contributed by atoms with Crippen LogP contribution in [0.2, 0.25) is 0 Å². The maximum Gasteiger partial charge on any atom is 0.329 e. The number of anilines is 4. The summed E-state index contributed by atoms with van der Waals surface area (Å²) in [6.45, 7) is 4.55. The summed E-state index contributed by atoms with van der Waals surface area (Å²) in [4.78, 5) is 64.2. The van der Waals surface area contributed by atoms with E-state index in [2.05, 4.69) is 35.7 Å². The van der Waals surface area contributed by atoms with E-state index in [9.17, 15) is 23.4 Å². The highest BCUT2D eigenvalue weighted by molar-refractivity contribution is 7.85. The fourth-order valence-corrected chi connectivity index (χ4v) is 13.0. The number of imide groups is 1. The summed E-state index contributed by atoms with van der Waals surface area (Å²) < 4.78 is 32.3. The smallest absolute Gasteiger partial charge is 0.329 e. The molecular formula is C47H58FN9O6S. The molecular weight excluding hydrogens is 838 g/mol. The van der Waals surface area contributed by atoms with E-state index in [1.165, 1.54) is 35.4 Å². The van der Waals surface area contributed by atoms with Crippen molar-refractivity contribution >= 4 is 62.7 Å². The number of nitrogens with zero attached hydrogens (tertiary/aromatic N) is 6. The maximum atomic E-state index is 16.1. The monoisotopic (exact) mass is 895 g/mol. The fraction of sp³-hybridized carbons (Fsp3) is 0.574. The number of halogens is 1. The van der Waals surface area contributed by atoms with Crippen molar-refractivity contribution in [1.82, 2.24) is 29.3 Å². The van der Waals surface area contributed by atoms with Gasteiger partial charge in [0.05, 0.1) is 33.5 Å². The van der Waals surface area contributed by atoms with Crippen LogP contribution in [0.3, 0.4) is 0 Å². The Bertz CT molecular complexity index is 2550. The van der Waals surface area contributed by atoms with Crippen molar-refractivity contribution in [3.63, 3.8) is 0 Å². The quantitative estimate of drug-likeness (QED) is 0.163. The molecule has 2 unspecified atom stereocenters. The van der Waals surface area contributed by atoms with Gasteiger partial charge in [-0.15, -0.1) is 0 Å². The van der Waals surface area contributed by atoms with E-state index in [0.29, 0.717) is 28.9 Å². The summed E-state index contributed by atoms with van der Waals surface area (Å²) in [6, 6.07) is 10.2. The molecule has 2 atom stereocenters. The lowest BCUT2D eigenvalue weighted by atomic mass is 9.63. The van der Waals surface area contributed by atoms with Gasteiger partial charge in [0, 0.05) is 60.7 Å². The number of amides is 3. The summed E-state index contributed by atoms with van der Waals surface area (Å²) in [5.74, 6) is 0.168. The first-order valence-corrected chi connectivity index (χ1v) is 24.5. The summed E-state index contributed by atoms with van der Waals surface area (Å²) in [6.07, 6.45) is 15.8. The molecule has 2 aromatic heterocycles. The first-order valence-electron chi connectivity index (χ1n) is 23.3. The van der Waals surface area contributed by atoms with E-state index in [1.807, 2.05) is 24.3 Å². The van der Waals surface area contributed by atoms with Crippen molar-refractivity contribution in [1.29, 1.82) is 0 Å². The average molecular weight is 896 g/mol. The van der Waals surface area contributed by atoms with Crippen LogP contribution in [-0.2, 0) is 37.6 Å². The number of aromatic nitrogens is 4. The van der Waals surface area contributed by atoms with Crippen molar-refractivity contribution in [2.24, 2.45) is 18.4 Å². The number of aryl methyl sites for hydroxylation is 1. The SMILES string of the molecule is Cn1c(=O)n(C2CCC(=O)NC2=O)c2ccc(N3CCC(CN4CCC5(CC4)CC(S(=O)c4ccc(Nc6ncc7c(n6)NC(=O)C76CC6)cc4)C5)CC3)c(F)c21.OC1CCCCC1. The van der Waals surface area contributed by atoms with Crippen molar-refractivity contribution < 1.29 is 28.1 Å². The lowest BCUT2D eigenvalue weighted by Crippen LogP contribution is -2.51. The maximum absolute atomic E-state index is 16.1. The third-order valence-electron chi connectivity index (χ3n) is 15.3. The predicted octanol–water partition coefficient (Wildman–Crippen LogP) is 5.55. The normalized spacial score (nSPS) is 23.9. The first kappa shape index (κ1) is 42.9. The second-order valence-corrected chi connectivity index (χ2v) is 21.2. The number of aliphatic hydroxyl groups excluding tert-OH is 1. The van der Waals surface area contributed by atoms with Gasteiger partial charge < -0.3 is 25.5 Å². The Morgan fingerprint density at radius 1 is 0.891 bits per heavy atom. The Kier molecular flexibility index (Phi) is 11.5. The van der Waals surface area contributed by atoms with Crippen LogP contribution < -0.4 is 26.5 Å². The molecule has 4 N–H and O–H groups in total. The third-order valence-corrected chi connectivity index (χ3v) is 17.0. The number of hydrogen-bond donors (Lipinski definition) is 4. The molecule has 4 aliphatic heterocycles. The number of piperidine rings is 3. The number of imidazole rings is 1. The van der Waals surface area contributed by atoms with E-state index in [-0.39, 0.29) is 46.9 Å². The number of benzene rings is 2. The minimum absolute atomic E-state index is 0.0132. The van der Waals surface area contributed by atoms with E-state index in [1.54, 1.807) is 18.3 Å². The third kappa shape index (κ3) is 8.05. The molecule has 64 heavy (non-hydrogen) atoms. The zero-order valence-electron chi connectivity index (χ0n) is 36.5. The van der Waals surface area contributed by atoms with Gasteiger partial charge in [-0.1, -0.05) is 19.3 Å². The average Bonchev–Trinajstić information content (AvgIpc) is 3.99. The zero-order valence-corrected chi connectivity index (χ0v) is 37.3. The highest BCUT2D eigenvalue weighted by Crippen LogP contribution is 2.55. The van der Waals surface area contributed by atoms with Crippen LogP contribution in [-0.4, -0.2) is 95.1 Å². The number of likely N-dealkylation sites (tertiary alicyclic amines) is 1. The molecule has 3 amide bonds. The summed E-state index contributed by atoms with van der Waals surface area (Å²) >= 11 is 0. The number of hydrogen-bond acceptors (Lipinski definition) is 11. The van der Waals surface area contributed by atoms with Gasteiger partial charge in [0.2, 0.25) is 23.7 Å². The molecule has 4 aromatic rings. The predicted molar refractivity (Wildman–Crippen MR) is 241 cm³/mol. The molecule has 7 aliphatic rings. The Labute approximate surface area is 374 Å². The molecule has 11 rings (SSSR count). The molecule has 0 bridgehead atoms. The fourth-order valence-electron chi connectivity index (χ4n) is 11.2. The minimum Gasteiger partial charge on any atom is -0.393 e. The molecule has 3 aliphatic carbocycles. The molecule has 3 saturated heterocycles. The number of carbonyl (C=O) groups is 3. The van der Waals surface area contributed by atoms with Crippen molar-refractivity contribution in [3.05, 3.63) is 64.5 Å². The summed E-state index contributed by atoms with van der Waals surface area (Å²) in [5, 5.41) is 17.5. The lowest BCUT2D eigenvalue weighted by molar-refractivity contribution is -0.135. The molecule has 17 heteroatoms. The number of carbonyl (C=O) groups excluding carboxylic acids is 3. The molecule has 3 saturated carbocycles. The summed E-state index contributed by atoms with van der Waals surface area (Å²) in [7, 11) is 0.448. The molecule has 15 nitrogen and oxygen atoms in total. The van der Waals surface area contributed by atoms with Gasteiger partial charge in [-0.05, 0) is 131 Å². The topological polar surface area (TPSA) is 184 Å². The van der Waals surface area contributed by atoms with Crippen LogP contribution in [0.15, 0.2) is 52.3 Å². The first-order chi connectivity index (χ1) is 30.9. The summed E-state index contributed by atoms with van der Waals surface area (Å²) in [5.41, 5.74) is 2.06. The van der Waals surface area contributed by atoms with Gasteiger partial charge in [0.25, 0.3) is 0 Å². The van der Waals surface area contributed by atoms with Crippen LogP contribution in [0, 0.1) is 17.2 Å². The van der Waals surface area contributed by atoms with E-state index >= 15 is 4.39 Å².